The van der Waals surface area contributed by atoms with Gasteiger partial charge in [0.05, 0.1) is 7.11 Å². The molecule has 25 heavy (non-hydrogen) atoms. The normalized spacial score (nSPS) is 13.0. The molecule has 3 rings (SSSR count). The average Bonchev–Trinajstić information content (AvgIpc) is 3.02. The van der Waals surface area contributed by atoms with Crippen molar-refractivity contribution in [2.24, 2.45) is 0 Å². The van der Waals surface area contributed by atoms with Gasteiger partial charge in [-0.15, -0.1) is 0 Å². The number of H-pyrrole nitrogens is 1. The lowest BCUT2D eigenvalue weighted by atomic mass is 9.86. The summed E-state index contributed by atoms with van der Waals surface area (Å²) in [5, 5.41) is 0.739. The summed E-state index contributed by atoms with van der Waals surface area (Å²) in [4.78, 5) is 14.7. The van der Waals surface area contributed by atoms with Gasteiger partial charge in [0.2, 0.25) is 5.78 Å². The third kappa shape index (κ3) is 3.52. The number of Topliss-reactive ketones (excluding diaryl/α,β-unsaturated/α-hetero) is 1. The highest BCUT2D eigenvalue weighted by Crippen LogP contribution is 2.36. The Kier molecular flexibility index (Phi) is 4.53. The summed E-state index contributed by atoms with van der Waals surface area (Å²) in [7, 11) is 1.52. The average molecular weight is 347 g/mol. The fourth-order valence-corrected chi connectivity index (χ4v) is 2.93. The third-order valence-electron chi connectivity index (χ3n) is 4.20. The highest BCUT2D eigenvalue weighted by molar-refractivity contribution is 5.89. The number of aromatic amines is 1. The second kappa shape index (κ2) is 6.63. The molecule has 1 N–H and O–H groups in total. The van der Waals surface area contributed by atoms with E-state index in [-0.39, 0.29) is 0 Å². The van der Waals surface area contributed by atoms with Crippen LogP contribution in [0.25, 0.3) is 10.9 Å². The maximum Gasteiger partial charge on any atom is 0.450 e. The summed E-state index contributed by atoms with van der Waals surface area (Å²) in [6.45, 7) is 0. The van der Waals surface area contributed by atoms with Gasteiger partial charge in [0.1, 0.15) is 5.75 Å². The number of rotatable bonds is 5. The van der Waals surface area contributed by atoms with Gasteiger partial charge in [0.15, 0.2) is 0 Å². The van der Waals surface area contributed by atoms with E-state index in [1.165, 1.54) is 7.11 Å². The van der Waals surface area contributed by atoms with Crippen molar-refractivity contribution in [3.05, 3.63) is 65.9 Å². The molecule has 2 aromatic carbocycles. The zero-order chi connectivity index (χ0) is 18.0. The first-order valence-corrected chi connectivity index (χ1v) is 7.70. The SMILES string of the molecule is COc1ccc2[nH]cc([C@@H](CC(=O)C(F)(F)F)c3ccccc3)c2c1. The Labute approximate surface area is 142 Å². The summed E-state index contributed by atoms with van der Waals surface area (Å²) in [5.74, 6) is -1.84. The van der Waals surface area contributed by atoms with Crippen LogP contribution in [-0.2, 0) is 4.79 Å². The molecule has 0 saturated heterocycles. The quantitative estimate of drug-likeness (QED) is 0.718. The molecule has 3 aromatic rings. The molecule has 0 radical (unpaired) electrons. The third-order valence-corrected chi connectivity index (χ3v) is 4.20. The van der Waals surface area contributed by atoms with Crippen LogP contribution in [0, 0.1) is 0 Å². The molecule has 6 heteroatoms. The Balaban J connectivity index is 2.10. The van der Waals surface area contributed by atoms with Gasteiger partial charge in [-0.05, 0) is 29.3 Å². The topological polar surface area (TPSA) is 42.1 Å². The number of hydrogen-bond acceptors (Lipinski definition) is 2. The molecule has 0 amide bonds. The molecule has 1 heterocycles. The van der Waals surface area contributed by atoms with Crippen molar-refractivity contribution in [1.82, 2.24) is 4.98 Å². The predicted molar refractivity (Wildman–Crippen MR) is 88.8 cm³/mol. The lowest BCUT2D eigenvalue weighted by Crippen LogP contribution is -2.25. The van der Waals surface area contributed by atoms with E-state index >= 15 is 0 Å². The van der Waals surface area contributed by atoms with Gasteiger partial charge in [-0.25, -0.2) is 0 Å². The molecular weight excluding hydrogens is 331 g/mol. The molecule has 0 unspecified atom stereocenters. The van der Waals surface area contributed by atoms with Gasteiger partial charge in [-0.1, -0.05) is 30.3 Å². The number of carbonyl (C=O) groups is 1. The first-order valence-electron chi connectivity index (χ1n) is 7.70. The predicted octanol–water partition coefficient (Wildman–Crippen LogP) is 4.83. The standard InChI is InChI=1S/C19H16F3NO2/c1-25-13-7-8-17-15(9-13)16(11-23-17)14(10-18(24)19(20,21)22)12-5-3-2-4-6-12/h2-9,11,14,23H,10H2,1H3/t14-/m0/s1. The van der Waals surface area contributed by atoms with Crippen molar-refractivity contribution in [3.8, 4) is 5.75 Å². The van der Waals surface area contributed by atoms with Crippen molar-refractivity contribution in [3.63, 3.8) is 0 Å². The first-order chi connectivity index (χ1) is 11.9. The minimum Gasteiger partial charge on any atom is -0.497 e. The highest BCUT2D eigenvalue weighted by atomic mass is 19.4. The summed E-state index contributed by atoms with van der Waals surface area (Å²) >= 11 is 0. The molecule has 0 aliphatic heterocycles. The van der Waals surface area contributed by atoms with Crippen LogP contribution < -0.4 is 4.74 Å². The van der Waals surface area contributed by atoms with Crippen LogP contribution in [-0.4, -0.2) is 24.1 Å². The summed E-state index contributed by atoms with van der Waals surface area (Å²) < 4.78 is 43.7. The van der Waals surface area contributed by atoms with E-state index in [4.69, 9.17) is 4.74 Å². The van der Waals surface area contributed by atoms with Crippen LogP contribution in [0.3, 0.4) is 0 Å². The van der Waals surface area contributed by atoms with E-state index in [9.17, 15) is 18.0 Å². The number of ketones is 1. The monoisotopic (exact) mass is 347 g/mol. The zero-order valence-corrected chi connectivity index (χ0v) is 13.4. The molecule has 1 atom stereocenters. The fourth-order valence-electron chi connectivity index (χ4n) is 2.93. The molecule has 1 aromatic heterocycles. The van der Waals surface area contributed by atoms with Crippen LogP contribution in [0.2, 0.25) is 0 Å². The number of benzene rings is 2. The first kappa shape index (κ1) is 17.1. The van der Waals surface area contributed by atoms with E-state index in [0.717, 1.165) is 10.9 Å². The minimum absolute atomic E-state index is 0.599. The lowest BCUT2D eigenvalue weighted by molar-refractivity contribution is -0.171. The Morgan fingerprint density at radius 2 is 1.88 bits per heavy atom. The van der Waals surface area contributed by atoms with Gasteiger partial charge < -0.3 is 9.72 Å². The highest BCUT2D eigenvalue weighted by Gasteiger charge is 2.40. The second-order valence-electron chi connectivity index (χ2n) is 5.74. The minimum atomic E-state index is -4.85. The summed E-state index contributed by atoms with van der Waals surface area (Å²) in [6, 6.07) is 14.1. The Bertz CT molecular complexity index is 885. The van der Waals surface area contributed by atoms with Gasteiger partial charge in [0, 0.05) is 29.4 Å². The molecule has 0 saturated carbocycles. The molecule has 0 fully saturated rings. The maximum absolute atomic E-state index is 12.8. The molecule has 0 aliphatic rings. The van der Waals surface area contributed by atoms with Gasteiger partial charge in [-0.2, -0.15) is 13.2 Å². The van der Waals surface area contributed by atoms with E-state index in [1.54, 1.807) is 54.7 Å². The second-order valence-corrected chi connectivity index (χ2v) is 5.74. The summed E-state index contributed by atoms with van der Waals surface area (Å²) in [6.07, 6.45) is -3.83. The molecule has 0 aliphatic carbocycles. The van der Waals surface area contributed by atoms with Crippen molar-refractivity contribution >= 4 is 16.7 Å². The zero-order valence-electron chi connectivity index (χ0n) is 13.4. The van der Waals surface area contributed by atoms with Crippen LogP contribution in [0.1, 0.15) is 23.5 Å². The number of aromatic nitrogens is 1. The molecular formula is C19H16F3NO2. The molecule has 0 bridgehead atoms. The Hall–Kier alpha value is -2.76. The number of halogens is 3. The number of alkyl halides is 3. The maximum atomic E-state index is 12.8. The van der Waals surface area contributed by atoms with E-state index in [1.807, 2.05) is 0 Å². The lowest BCUT2D eigenvalue weighted by Gasteiger charge is -2.17. The van der Waals surface area contributed by atoms with Gasteiger partial charge in [0.25, 0.3) is 0 Å². The number of methoxy groups -OCH3 is 1. The smallest absolute Gasteiger partial charge is 0.450 e. The van der Waals surface area contributed by atoms with Crippen LogP contribution >= 0.6 is 0 Å². The van der Waals surface area contributed by atoms with Crippen molar-refractivity contribution in [2.45, 2.75) is 18.5 Å². The van der Waals surface area contributed by atoms with E-state index in [0.29, 0.717) is 16.9 Å². The van der Waals surface area contributed by atoms with Crippen molar-refractivity contribution in [2.75, 3.05) is 7.11 Å². The van der Waals surface area contributed by atoms with Gasteiger partial charge in [-0.3, -0.25) is 4.79 Å². The largest absolute Gasteiger partial charge is 0.497 e. The van der Waals surface area contributed by atoms with Crippen LogP contribution in [0.5, 0.6) is 5.75 Å². The van der Waals surface area contributed by atoms with Crippen LogP contribution in [0.15, 0.2) is 54.7 Å². The van der Waals surface area contributed by atoms with Crippen molar-refractivity contribution < 1.29 is 22.7 Å². The molecule has 130 valence electrons. The Morgan fingerprint density at radius 1 is 1.16 bits per heavy atom. The van der Waals surface area contributed by atoms with E-state index < -0.39 is 24.3 Å². The number of hydrogen-bond donors (Lipinski definition) is 1. The Morgan fingerprint density at radius 3 is 2.52 bits per heavy atom. The number of fused-ring (bicyclic) bond motifs is 1. The summed E-state index contributed by atoms with van der Waals surface area (Å²) in [5.41, 5.74) is 2.07. The van der Waals surface area contributed by atoms with Gasteiger partial charge >= 0.3 is 6.18 Å². The van der Waals surface area contributed by atoms with Crippen molar-refractivity contribution in [1.29, 1.82) is 0 Å². The van der Waals surface area contributed by atoms with E-state index in [2.05, 4.69) is 4.98 Å². The number of nitrogens with one attached hydrogen (secondary N) is 1. The molecule has 0 spiro atoms. The van der Waals surface area contributed by atoms with Crippen LogP contribution in [0.4, 0.5) is 13.2 Å². The number of ether oxygens (including phenoxy) is 1. The number of carbonyl (C=O) groups excluding carboxylic acids is 1. The fraction of sp³-hybridized carbons (Fsp3) is 0.211. The molecule has 3 nitrogen and oxygen atoms in total.